The molecular weight excluding hydrogens is 346 g/mol. The van der Waals surface area contributed by atoms with E-state index in [1.165, 1.54) is 64.2 Å². The van der Waals surface area contributed by atoms with Crippen LogP contribution in [0.2, 0.25) is 0 Å². The number of hydrogen-bond acceptors (Lipinski definition) is 2. The summed E-state index contributed by atoms with van der Waals surface area (Å²) in [4.78, 5) is 0. The summed E-state index contributed by atoms with van der Waals surface area (Å²) in [7, 11) is 0. The Morgan fingerprint density at radius 1 is 0.800 bits per heavy atom. The van der Waals surface area contributed by atoms with E-state index in [4.69, 9.17) is 12.2 Å². The molecule has 0 saturated carbocycles. The Labute approximate surface area is 168 Å². The molecule has 0 saturated heterocycles. The molecule has 4 heteroatoms. The Bertz CT molecular complexity index is 325. The molecule has 25 heavy (non-hydrogen) atoms. The third-order valence-corrected chi connectivity index (χ3v) is 6.13. The number of aliphatic hydroxyl groups is 1. The number of rotatable bonds is 17. The Morgan fingerprint density at radius 3 is 1.68 bits per heavy atom. The van der Waals surface area contributed by atoms with Crippen LogP contribution in [0.4, 0.5) is 0 Å². The summed E-state index contributed by atoms with van der Waals surface area (Å²) >= 11 is 10.1. The van der Waals surface area contributed by atoms with E-state index >= 15 is 0 Å². The maximum absolute atomic E-state index is 10.2. The molecule has 0 spiro atoms. The van der Waals surface area contributed by atoms with Crippen LogP contribution in [0.3, 0.4) is 0 Å². The van der Waals surface area contributed by atoms with Gasteiger partial charge in [0.05, 0.1) is 13.1 Å². The topological polar surface area (TPSA) is 20.2 Å². The van der Waals surface area contributed by atoms with Crippen molar-refractivity contribution in [2.75, 3.05) is 19.6 Å². The molecule has 1 N–H and O–H groups in total. The SMILES string of the molecule is CCCCCCCCCCCC[N+](CCCC)(CC(O)CC)C(=S)S. The Morgan fingerprint density at radius 2 is 1.24 bits per heavy atom. The van der Waals surface area contributed by atoms with Gasteiger partial charge in [-0.1, -0.05) is 91.2 Å². The highest BCUT2D eigenvalue weighted by Gasteiger charge is 2.32. The van der Waals surface area contributed by atoms with Gasteiger partial charge in [-0.25, -0.2) is 0 Å². The number of hydrogen-bond donors (Lipinski definition) is 2. The monoisotopic (exact) mass is 390 g/mol. The van der Waals surface area contributed by atoms with Crippen molar-refractivity contribution < 1.29 is 9.59 Å². The fraction of sp³-hybridized carbons (Fsp3) is 0.952. The number of nitrogens with zero attached hydrogens (tertiary/aromatic N) is 1. The van der Waals surface area contributed by atoms with Crippen LogP contribution >= 0.6 is 24.8 Å². The van der Waals surface area contributed by atoms with E-state index < -0.39 is 0 Å². The Balaban J connectivity index is 4.14. The largest absolute Gasteiger partial charge is 0.387 e. The molecule has 0 aromatic rings. The van der Waals surface area contributed by atoms with Crippen LogP contribution in [0.15, 0.2) is 0 Å². The van der Waals surface area contributed by atoms with E-state index in [1.54, 1.807) is 0 Å². The van der Waals surface area contributed by atoms with E-state index in [0.717, 1.165) is 47.7 Å². The van der Waals surface area contributed by atoms with Gasteiger partial charge in [0.2, 0.25) is 4.32 Å². The lowest BCUT2D eigenvalue weighted by atomic mass is 10.1. The predicted octanol–water partition coefficient (Wildman–Crippen LogP) is 6.51. The molecule has 0 aliphatic heterocycles. The van der Waals surface area contributed by atoms with Crippen LogP contribution in [0.25, 0.3) is 0 Å². The molecular formula is C21H44NOS2+. The lowest BCUT2D eigenvalue weighted by molar-refractivity contribution is -0.839. The minimum Gasteiger partial charge on any atom is -0.387 e. The summed E-state index contributed by atoms with van der Waals surface area (Å²) in [6.45, 7) is 9.32. The van der Waals surface area contributed by atoms with E-state index in [1.807, 2.05) is 6.92 Å². The van der Waals surface area contributed by atoms with Gasteiger partial charge in [-0.2, -0.15) is 0 Å². The molecule has 2 unspecified atom stereocenters. The fourth-order valence-electron chi connectivity index (χ4n) is 3.46. The van der Waals surface area contributed by atoms with Crippen LogP contribution < -0.4 is 0 Å². The van der Waals surface area contributed by atoms with Gasteiger partial charge in [-0.3, -0.25) is 4.48 Å². The maximum atomic E-state index is 10.2. The third-order valence-electron chi connectivity index (χ3n) is 5.32. The number of thiocarbonyl (C=S) groups is 1. The van der Waals surface area contributed by atoms with Crippen molar-refractivity contribution in [3.05, 3.63) is 0 Å². The molecule has 0 amide bonds. The summed E-state index contributed by atoms with van der Waals surface area (Å²) in [5.41, 5.74) is 0. The number of aliphatic hydroxyl groups excluding tert-OH is 1. The summed E-state index contributed by atoms with van der Waals surface area (Å²) < 4.78 is 1.48. The van der Waals surface area contributed by atoms with Gasteiger partial charge < -0.3 is 5.11 Å². The number of unbranched alkanes of at least 4 members (excludes halogenated alkanes) is 10. The zero-order valence-corrected chi connectivity index (χ0v) is 18.9. The molecule has 0 aromatic carbocycles. The van der Waals surface area contributed by atoms with E-state index in [-0.39, 0.29) is 6.10 Å². The molecule has 0 aliphatic rings. The summed E-state index contributed by atoms with van der Waals surface area (Å²) in [5.74, 6) is 0. The Kier molecular flexibility index (Phi) is 16.8. The average Bonchev–Trinajstić information content (AvgIpc) is 2.60. The average molecular weight is 391 g/mol. The smallest absolute Gasteiger partial charge is 0.230 e. The van der Waals surface area contributed by atoms with Crippen LogP contribution in [-0.2, 0) is 0 Å². The zero-order valence-electron chi connectivity index (χ0n) is 17.1. The maximum Gasteiger partial charge on any atom is 0.230 e. The van der Waals surface area contributed by atoms with Crippen molar-refractivity contribution in [1.82, 2.24) is 0 Å². The minimum absolute atomic E-state index is 0.273. The standard InChI is InChI=1S/C21H43NOS2/c1-4-7-9-10-11-12-13-14-15-16-18-22(21(24)25,17-8-5-2)19-20(23)6-3/h20,23H,4-19H2,1-3H3/p+1. The van der Waals surface area contributed by atoms with E-state index in [2.05, 4.69) is 26.5 Å². The lowest BCUT2D eigenvalue weighted by Crippen LogP contribution is -2.55. The molecule has 0 heterocycles. The summed E-state index contributed by atoms with van der Waals surface area (Å²) in [6, 6.07) is 0. The minimum atomic E-state index is -0.273. The second-order valence-corrected chi connectivity index (χ2v) is 8.77. The first-order valence-corrected chi connectivity index (χ1v) is 11.7. The highest BCUT2D eigenvalue weighted by molar-refractivity contribution is 8.10. The van der Waals surface area contributed by atoms with Gasteiger partial charge in [-0.05, 0) is 37.9 Å². The number of quaternary nitrogens is 1. The summed E-state index contributed by atoms with van der Waals surface area (Å²) in [5, 5.41) is 10.2. The van der Waals surface area contributed by atoms with E-state index in [0.29, 0.717) is 0 Å². The van der Waals surface area contributed by atoms with E-state index in [9.17, 15) is 5.11 Å². The van der Waals surface area contributed by atoms with Crippen molar-refractivity contribution in [1.29, 1.82) is 0 Å². The summed E-state index contributed by atoms with van der Waals surface area (Å²) in [6.07, 6.45) is 16.3. The molecule has 0 aliphatic carbocycles. The second kappa shape index (κ2) is 16.5. The first kappa shape index (κ1) is 25.4. The molecule has 2 nitrogen and oxygen atoms in total. The molecule has 0 bridgehead atoms. The quantitative estimate of drug-likeness (QED) is 0.128. The van der Waals surface area contributed by atoms with Crippen LogP contribution in [0.5, 0.6) is 0 Å². The molecule has 2 atom stereocenters. The molecule has 0 aromatic heterocycles. The van der Waals surface area contributed by atoms with Gasteiger partial charge in [0.15, 0.2) is 0 Å². The predicted molar refractivity (Wildman–Crippen MR) is 119 cm³/mol. The zero-order chi connectivity index (χ0) is 19.0. The van der Waals surface area contributed by atoms with Gasteiger partial charge >= 0.3 is 0 Å². The van der Waals surface area contributed by atoms with Gasteiger partial charge in [-0.15, -0.1) is 0 Å². The molecule has 150 valence electrons. The molecule has 0 fully saturated rings. The van der Waals surface area contributed by atoms with Gasteiger partial charge in [0, 0.05) is 0 Å². The highest BCUT2D eigenvalue weighted by Crippen LogP contribution is 2.20. The Hall–Kier alpha value is 0.360. The first-order valence-electron chi connectivity index (χ1n) is 10.8. The number of thiol groups is 1. The van der Waals surface area contributed by atoms with Crippen LogP contribution in [0, 0.1) is 0 Å². The highest BCUT2D eigenvalue weighted by atomic mass is 32.1. The van der Waals surface area contributed by atoms with Crippen molar-refractivity contribution in [2.24, 2.45) is 0 Å². The van der Waals surface area contributed by atoms with Crippen LogP contribution in [0.1, 0.15) is 104 Å². The lowest BCUT2D eigenvalue weighted by Gasteiger charge is -2.38. The first-order chi connectivity index (χ1) is 12.0. The second-order valence-electron chi connectivity index (χ2n) is 7.66. The van der Waals surface area contributed by atoms with Gasteiger partial charge in [0.25, 0.3) is 0 Å². The fourth-order valence-corrected chi connectivity index (χ4v) is 4.00. The van der Waals surface area contributed by atoms with Gasteiger partial charge in [0.1, 0.15) is 12.6 Å². The molecule has 0 rings (SSSR count). The van der Waals surface area contributed by atoms with Crippen LogP contribution in [-0.4, -0.2) is 39.6 Å². The normalized spacial score (nSPS) is 15.1. The third kappa shape index (κ3) is 12.4. The van der Waals surface area contributed by atoms with Crippen molar-refractivity contribution >= 4 is 29.2 Å². The molecule has 0 radical (unpaired) electrons. The van der Waals surface area contributed by atoms with Crippen molar-refractivity contribution in [3.63, 3.8) is 0 Å². The van der Waals surface area contributed by atoms with Crippen molar-refractivity contribution in [3.8, 4) is 0 Å². The van der Waals surface area contributed by atoms with Crippen molar-refractivity contribution in [2.45, 2.75) is 110 Å².